The largest absolute Gasteiger partial charge is 3.00 e. The molecule has 0 fully saturated rings. The number of azo groups is 1. The fraction of sp³-hybridized carbons (Fsp3) is 0.0455. The molecule has 0 bridgehead atoms. The summed E-state index contributed by atoms with van der Waals surface area (Å²) in [5.41, 5.74) is -0.939. The molecule has 4 aromatic rings. The number of hydrogen-bond acceptors (Lipinski definition) is 10. The maximum absolute atomic E-state index is 13.3. The maximum atomic E-state index is 13.3. The van der Waals surface area contributed by atoms with Crippen molar-refractivity contribution in [3.05, 3.63) is 82.4 Å². The van der Waals surface area contributed by atoms with Crippen molar-refractivity contribution in [2.45, 2.75) is 11.8 Å². The fourth-order valence-electron chi connectivity index (χ4n) is 3.33. The number of aryl methyl sites for hydroxylation is 1. The summed E-state index contributed by atoms with van der Waals surface area (Å²) in [6.45, 7) is 1.53. The van der Waals surface area contributed by atoms with Crippen LogP contribution >= 0.6 is 0 Å². The van der Waals surface area contributed by atoms with Crippen LogP contribution in [0.25, 0.3) is 16.9 Å². The van der Waals surface area contributed by atoms with Crippen LogP contribution in [0.15, 0.2) is 81.9 Å². The standard InChI is InChI=1S/C22H17N5O7S.Cr.Na.H2O/c1-13-11-15(21(28)17(12-13)27(30)31)23-24-20-19(14-7-3-2-4-8-14)25-26(22(20)29)16-9-5-6-10-18(16)35(32,33)34;;;/h2-12,28-29H,1H3,(H,32,33,34);;;1H2/q;+3;+1;/p-3. The van der Waals surface area contributed by atoms with E-state index in [0.717, 1.165) is 12.1 Å². The van der Waals surface area contributed by atoms with Crippen molar-refractivity contribution < 1.29 is 80.5 Å². The summed E-state index contributed by atoms with van der Waals surface area (Å²) < 4.78 is 35.9. The van der Waals surface area contributed by atoms with Gasteiger partial charge in [0.05, 0.1) is 21.2 Å². The summed E-state index contributed by atoms with van der Waals surface area (Å²) in [6, 6.07) is 15.6. The minimum Gasteiger partial charge on any atom is -0.866 e. The third-order valence-corrected chi connectivity index (χ3v) is 5.76. The Kier molecular flexibility index (Phi) is 11.3. The summed E-state index contributed by atoms with van der Waals surface area (Å²) in [5, 5.41) is 48.7. The molecule has 0 atom stereocenters. The van der Waals surface area contributed by atoms with Crippen molar-refractivity contribution in [3.63, 3.8) is 0 Å². The van der Waals surface area contributed by atoms with E-state index in [9.17, 15) is 33.3 Å². The minimum absolute atomic E-state index is 0. The van der Waals surface area contributed by atoms with Gasteiger partial charge >= 0.3 is 46.9 Å². The van der Waals surface area contributed by atoms with Gasteiger partial charge in [0, 0.05) is 23.3 Å². The average molecular weight is 585 g/mol. The SMILES string of the molecule is Cc1cc(N=Nc2c(-c3ccccc3)nn(-c3ccccc3S(=O)(=O)[O-])c2[O-])c([O-])c([N+](=O)[O-])c1.O.[Cr+3].[Na+]. The Morgan fingerprint density at radius 2 is 1.58 bits per heavy atom. The van der Waals surface area contributed by atoms with Gasteiger partial charge in [-0.3, -0.25) is 10.1 Å². The summed E-state index contributed by atoms with van der Waals surface area (Å²) in [7, 11) is -4.95. The number of benzene rings is 3. The summed E-state index contributed by atoms with van der Waals surface area (Å²) in [6.07, 6.45) is 0. The van der Waals surface area contributed by atoms with Crippen LogP contribution < -0.4 is 39.8 Å². The second kappa shape index (κ2) is 13.1. The molecular weight excluding hydrogens is 569 g/mol. The molecule has 0 aliphatic carbocycles. The Morgan fingerprint density at radius 3 is 2.18 bits per heavy atom. The van der Waals surface area contributed by atoms with Crippen LogP contribution in [-0.2, 0) is 27.5 Å². The Hall–Kier alpha value is -3.13. The number of para-hydroxylation sites is 1. The van der Waals surface area contributed by atoms with Gasteiger partial charge in [-0.2, -0.15) is 10.2 Å². The molecule has 2 N–H and O–H groups in total. The van der Waals surface area contributed by atoms with E-state index in [2.05, 4.69) is 15.3 Å². The zero-order valence-corrected chi connectivity index (χ0v) is 23.9. The van der Waals surface area contributed by atoms with Gasteiger partial charge in [0.1, 0.15) is 21.5 Å². The van der Waals surface area contributed by atoms with Crippen molar-refractivity contribution >= 4 is 27.2 Å². The number of rotatable bonds is 6. The zero-order chi connectivity index (χ0) is 25.3. The Labute approximate surface area is 249 Å². The van der Waals surface area contributed by atoms with Gasteiger partial charge in [-0.05, 0) is 30.7 Å². The monoisotopic (exact) mass is 585 g/mol. The molecule has 3 aromatic carbocycles. The predicted octanol–water partition coefficient (Wildman–Crippen LogP) is -0.601. The normalized spacial score (nSPS) is 10.8. The Balaban J connectivity index is 0.00000241. The third kappa shape index (κ3) is 6.65. The van der Waals surface area contributed by atoms with Gasteiger partial charge in [-0.1, -0.05) is 42.5 Å². The van der Waals surface area contributed by atoms with E-state index in [1.165, 1.54) is 31.2 Å². The van der Waals surface area contributed by atoms with Gasteiger partial charge in [-0.15, -0.1) is 5.11 Å². The quantitative estimate of drug-likeness (QED) is 0.0932. The van der Waals surface area contributed by atoms with Crippen LogP contribution in [0.4, 0.5) is 17.1 Å². The van der Waals surface area contributed by atoms with Crippen molar-refractivity contribution in [2.75, 3.05) is 0 Å². The first-order valence-electron chi connectivity index (χ1n) is 9.86. The van der Waals surface area contributed by atoms with Crippen LogP contribution in [0.5, 0.6) is 11.6 Å². The molecular formula is C22H16CrN5NaO8S+. The molecule has 0 amide bonds. The van der Waals surface area contributed by atoms with E-state index in [-0.39, 0.29) is 75.2 Å². The van der Waals surface area contributed by atoms with Gasteiger partial charge in [0.2, 0.25) is 0 Å². The molecule has 1 radical (unpaired) electrons. The first kappa shape index (κ1) is 32.9. The number of hydrogen-bond donors (Lipinski definition) is 0. The summed E-state index contributed by atoms with van der Waals surface area (Å²) >= 11 is 0. The van der Waals surface area contributed by atoms with Gasteiger partial charge in [0.25, 0.3) is 5.69 Å². The van der Waals surface area contributed by atoms with E-state index in [1.807, 2.05) is 0 Å². The fourth-order valence-corrected chi connectivity index (χ4v) is 3.99. The third-order valence-electron chi connectivity index (χ3n) is 4.88. The molecule has 1 heterocycles. The van der Waals surface area contributed by atoms with Crippen molar-refractivity contribution in [1.29, 1.82) is 0 Å². The smallest absolute Gasteiger partial charge is 0.866 e. The van der Waals surface area contributed by atoms with Crippen molar-refractivity contribution in [2.24, 2.45) is 10.2 Å². The van der Waals surface area contributed by atoms with Gasteiger partial charge in [0.15, 0.2) is 0 Å². The first-order valence-corrected chi connectivity index (χ1v) is 11.3. The van der Waals surface area contributed by atoms with E-state index in [1.54, 1.807) is 30.3 Å². The molecule has 13 nitrogen and oxygen atoms in total. The number of aromatic nitrogens is 2. The molecule has 0 unspecified atom stereocenters. The molecule has 0 aliphatic heterocycles. The maximum Gasteiger partial charge on any atom is 3.00 e. The Morgan fingerprint density at radius 1 is 0.974 bits per heavy atom. The van der Waals surface area contributed by atoms with Gasteiger partial charge in [-0.25, -0.2) is 13.1 Å². The Bertz CT molecular complexity index is 1600. The van der Waals surface area contributed by atoms with Gasteiger partial charge < -0.3 is 20.2 Å². The van der Waals surface area contributed by atoms with Crippen molar-refractivity contribution in [1.82, 2.24) is 9.78 Å². The molecule has 0 aliphatic rings. The number of nitro groups is 1. The van der Waals surface area contributed by atoms with Crippen LogP contribution in [0.1, 0.15) is 5.56 Å². The minimum atomic E-state index is -4.95. The second-order valence-corrected chi connectivity index (χ2v) is 8.64. The van der Waals surface area contributed by atoms with Crippen LogP contribution in [0.3, 0.4) is 0 Å². The van der Waals surface area contributed by atoms with E-state index < -0.39 is 37.3 Å². The van der Waals surface area contributed by atoms with Crippen LogP contribution in [0, 0.1) is 17.0 Å². The summed E-state index contributed by atoms with van der Waals surface area (Å²) in [5.74, 6) is -1.91. The second-order valence-electron chi connectivity index (χ2n) is 7.29. The molecule has 4 rings (SSSR count). The van der Waals surface area contributed by atoms with Crippen LogP contribution in [0.2, 0.25) is 0 Å². The average Bonchev–Trinajstić information content (AvgIpc) is 3.15. The van der Waals surface area contributed by atoms with Crippen LogP contribution in [-0.4, -0.2) is 33.2 Å². The van der Waals surface area contributed by atoms with E-state index in [0.29, 0.717) is 15.8 Å². The zero-order valence-electron chi connectivity index (χ0n) is 19.8. The van der Waals surface area contributed by atoms with Crippen molar-refractivity contribution in [3.8, 4) is 28.6 Å². The molecule has 16 heteroatoms. The number of nitrogens with zero attached hydrogens (tertiary/aromatic N) is 5. The summed E-state index contributed by atoms with van der Waals surface area (Å²) in [4.78, 5) is 9.65. The molecule has 1 aromatic heterocycles. The topological polar surface area (TPSA) is 220 Å². The van der Waals surface area contributed by atoms with E-state index >= 15 is 0 Å². The predicted molar refractivity (Wildman–Crippen MR) is 121 cm³/mol. The molecule has 0 saturated carbocycles. The first-order chi connectivity index (χ1) is 16.6. The molecule has 189 valence electrons. The number of nitro benzene ring substituents is 1. The molecule has 0 saturated heterocycles. The molecule has 0 spiro atoms. The molecule has 38 heavy (non-hydrogen) atoms. The van der Waals surface area contributed by atoms with E-state index in [4.69, 9.17) is 0 Å².